The van der Waals surface area contributed by atoms with Gasteiger partial charge in [-0.3, -0.25) is 4.79 Å². The Morgan fingerprint density at radius 2 is 1.83 bits per heavy atom. The van der Waals surface area contributed by atoms with Crippen molar-refractivity contribution in [3.63, 3.8) is 0 Å². The summed E-state index contributed by atoms with van der Waals surface area (Å²) in [6.07, 6.45) is 1.37. The second-order valence-corrected chi connectivity index (χ2v) is 4.85. The summed E-state index contributed by atoms with van der Waals surface area (Å²) in [5, 5.41) is 0. The molecule has 0 heterocycles. The van der Waals surface area contributed by atoms with Crippen molar-refractivity contribution in [2.75, 3.05) is 40.0 Å². The van der Waals surface area contributed by atoms with Crippen LogP contribution in [0.3, 0.4) is 0 Å². The zero-order valence-electron chi connectivity index (χ0n) is 11.5. The Bertz CT molecular complexity index is 390. The maximum Gasteiger partial charge on any atom is 0.226 e. The number of benzene rings is 1. The Labute approximate surface area is 109 Å². The van der Waals surface area contributed by atoms with Crippen molar-refractivity contribution in [3.8, 4) is 0 Å². The van der Waals surface area contributed by atoms with Crippen LogP contribution in [0.1, 0.15) is 12.0 Å². The molecule has 0 aliphatic carbocycles. The van der Waals surface area contributed by atoms with Gasteiger partial charge in [0.2, 0.25) is 5.91 Å². The van der Waals surface area contributed by atoms with E-state index >= 15 is 0 Å². The lowest BCUT2D eigenvalue weighted by atomic mass is 10.1. The summed E-state index contributed by atoms with van der Waals surface area (Å²) < 4.78 is 0. The number of para-hydroxylation sites is 1. The Kier molecular flexibility index (Phi) is 5.65. The standard InChI is InChI=1S/C14H23N3O/c1-16(2)9-6-10-17(3)14(18)11-12-7-4-5-8-13(12)15/h4-5,7-8H,6,9-11,15H2,1-3H3. The number of carbonyl (C=O) groups is 1. The molecule has 0 unspecified atom stereocenters. The largest absolute Gasteiger partial charge is 0.398 e. The summed E-state index contributed by atoms with van der Waals surface area (Å²) in [6, 6.07) is 7.52. The van der Waals surface area contributed by atoms with E-state index in [1.165, 1.54) is 0 Å². The molecular weight excluding hydrogens is 226 g/mol. The first-order chi connectivity index (χ1) is 8.50. The van der Waals surface area contributed by atoms with Crippen LogP contribution in [-0.4, -0.2) is 49.9 Å². The zero-order valence-corrected chi connectivity index (χ0v) is 11.5. The number of anilines is 1. The Morgan fingerprint density at radius 1 is 1.17 bits per heavy atom. The Morgan fingerprint density at radius 3 is 2.44 bits per heavy atom. The van der Waals surface area contributed by atoms with Crippen molar-refractivity contribution in [2.45, 2.75) is 12.8 Å². The lowest BCUT2D eigenvalue weighted by Crippen LogP contribution is -2.31. The molecule has 0 aliphatic rings. The molecule has 0 spiro atoms. The number of hydrogen-bond acceptors (Lipinski definition) is 3. The smallest absolute Gasteiger partial charge is 0.226 e. The van der Waals surface area contributed by atoms with E-state index in [9.17, 15) is 4.79 Å². The molecule has 1 rings (SSSR count). The molecule has 0 atom stereocenters. The van der Waals surface area contributed by atoms with Crippen LogP contribution in [0.2, 0.25) is 0 Å². The van der Waals surface area contributed by atoms with Gasteiger partial charge in [0.15, 0.2) is 0 Å². The van der Waals surface area contributed by atoms with Crippen LogP contribution in [-0.2, 0) is 11.2 Å². The molecular formula is C14H23N3O. The number of likely N-dealkylation sites (N-methyl/N-ethyl adjacent to an activating group) is 1. The molecule has 1 aromatic carbocycles. The Balaban J connectivity index is 2.43. The Hall–Kier alpha value is -1.55. The van der Waals surface area contributed by atoms with E-state index in [4.69, 9.17) is 5.73 Å². The monoisotopic (exact) mass is 249 g/mol. The van der Waals surface area contributed by atoms with Crippen LogP contribution in [0.15, 0.2) is 24.3 Å². The molecule has 0 saturated heterocycles. The molecule has 0 saturated carbocycles. The summed E-state index contributed by atoms with van der Waals surface area (Å²) in [5.74, 6) is 0.117. The van der Waals surface area contributed by atoms with Crippen LogP contribution in [0.5, 0.6) is 0 Å². The number of nitrogen functional groups attached to an aromatic ring is 1. The summed E-state index contributed by atoms with van der Waals surface area (Å²) in [7, 11) is 5.91. The normalized spacial score (nSPS) is 10.7. The molecule has 100 valence electrons. The topological polar surface area (TPSA) is 49.6 Å². The molecule has 18 heavy (non-hydrogen) atoms. The van der Waals surface area contributed by atoms with E-state index in [2.05, 4.69) is 4.90 Å². The molecule has 2 N–H and O–H groups in total. The number of nitrogens with two attached hydrogens (primary N) is 1. The fourth-order valence-electron chi connectivity index (χ4n) is 1.74. The minimum Gasteiger partial charge on any atom is -0.398 e. The van der Waals surface area contributed by atoms with Gasteiger partial charge in [-0.15, -0.1) is 0 Å². The summed E-state index contributed by atoms with van der Waals surface area (Å²) in [5.41, 5.74) is 7.42. The van der Waals surface area contributed by atoms with Gasteiger partial charge in [0.1, 0.15) is 0 Å². The van der Waals surface area contributed by atoms with Crippen LogP contribution in [0, 0.1) is 0 Å². The molecule has 0 aromatic heterocycles. The number of carbonyl (C=O) groups excluding carboxylic acids is 1. The van der Waals surface area contributed by atoms with Gasteiger partial charge in [-0.2, -0.15) is 0 Å². The van der Waals surface area contributed by atoms with Gasteiger partial charge in [-0.25, -0.2) is 0 Å². The summed E-state index contributed by atoms with van der Waals surface area (Å²) in [6.45, 7) is 1.77. The third-order valence-electron chi connectivity index (χ3n) is 2.92. The number of amides is 1. The minimum atomic E-state index is 0.117. The van der Waals surface area contributed by atoms with E-state index < -0.39 is 0 Å². The van der Waals surface area contributed by atoms with E-state index in [0.717, 1.165) is 25.1 Å². The van der Waals surface area contributed by atoms with Gasteiger partial charge in [-0.05, 0) is 38.7 Å². The molecule has 0 bridgehead atoms. The highest BCUT2D eigenvalue weighted by molar-refractivity contribution is 5.80. The number of hydrogen-bond donors (Lipinski definition) is 1. The highest BCUT2D eigenvalue weighted by Gasteiger charge is 2.10. The second kappa shape index (κ2) is 7.01. The van der Waals surface area contributed by atoms with E-state index in [1.807, 2.05) is 45.4 Å². The molecule has 4 nitrogen and oxygen atoms in total. The number of rotatable bonds is 6. The minimum absolute atomic E-state index is 0.117. The maximum absolute atomic E-state index is 12.0. The van der Waals surface area contributed by atoms with Gasteiger partial charge in [0.05, 0.1) is 6.42 Å². The van der Waals surface area contributed by atoms with E-state index in [1.54, 1.807) is 4.90 Å². The lowest BCUT2D eigenvalue weighted by molar-refractivity contribution is -0.129. The van der Waals surface area contributed by atoms with Gasteiger partial charge in [0, 0.05) is 19.3 Å². The quantitative estimate of drug-likeness (QED) is 0.771. The zero-order chi connectivity index (χ0) is 13.5. The highest BCUT2D eigenvalue weighted by Crippen LogP contribution is 2.12. The summed E-state index contributed by atoms with van der Waals surface area (Å²) in [4.78, 5) is 15.9. The first-order valence-electron chi connectivity index (χ1n) is 6.22. The molecule has 0 radical (unpaired) electrons. The van der Waals surface area contributed by atoms with Crippen molar-refractivity contribution in [2.24, 2.45) is 0 Å². The van der Waals surface area contributed by atoms with Crippen molar-refractivity contribution in [1.29, 1.82) is 0 Å². The van der Waals surface area contributed by atoms with Crippen molar-refractivity contribution in [1.82, 2.24) is 9.80 Å². The van der Waals surface area contributed by atoms with Crippen LogP contribution < -0.4 is 5.73 Å². The van der Waals surface area contributed by atoms with Gasteiger partial charge >= 0.3 is 0 Å². The third kappa shape index (κ3) is 4.75. The van der Waals surface area contributed by atoms with Crippen molar-refractivity contribution < 1.29 is 4.79 Å². The van der Waals surface area contributed by atoms with Crippen LogP contribution in [0.25, 0.3) is 0 Å². The average molecular weight is 249 g/mol. The predicted molar refractivity (Wildman–Crippen MR) is 75.4 cm³/mol. The van der Waals surface area contributed by atoms with E-state index in [-0.39, 0.29) is 5.91 Å². The molecule has 4 heteroatoms. The van der Waals surface area contributed by atoms with Crippen LogP contribution >= 0.6 is 0 Å². The van der Waals surface area contributed by atoms with E-state index in [0.29, 0.717) is 12.1 Å². The predicted octanol–water partition coefficient (Wildman–Crippen LogP) is 1.22. The first-order valence-corrected chi connectivity index (χ1v) is 6.22. The third-order valence-corrected chi connectivity index (χ3v) is 2.92. The van der Waals surface area contributed by atoms with Gasteiger partial charge in [0.25, 0.3) is 0 Å². The highest BCUT2D eigenvalue weighted by atomic mass is 16.2. The van der Waals surface area contributed by atoms with Gasteiger partial charge in [-0.1, -0.05) is 18.2 Å². The first kappa shape index (κ1) is 14.5. The maximum atomic E-state index is 12.0. The fourth-order valence-corrected chi connectivity index (χ4v) is 1.74. The molecule has 0 aliphatic heterocycles. The SMILES string of the molecule is CN(C)CCCN(C)C(=O)Cc1ccccc1N. The second-order valence-electron chi connectivity index (χ2n) is 4.85. The summed E-state index contributed by atoms with van der Waals surface area (Å²) >= 11 is 0. The molecule has 1 amide bonds. The average Bonchev–Trinajstić information content (AvgIpc) is 2.31. The molecule has 0 fully saturated rings. The number of nitrogens with zero attached hydrogens (tertiary/aromatic N) is 2. The molecule has 1 aromatic rings. The van der Waals surface area contributed by atoms with Crippen LogP contribution in [0.4, 0.5) is 5.69 Å². The fraction of sp³-hybridized carbons (Fsp3) is 0.500. The van der Waals surface area contributed by atoms with Crippen molar-refractivity contribution >= 4 is 11.6 Å². The van der Waals surface area contributed by atoms with Gasteiger partial charge < -0.3 is 15.5 Å². The van der Waals surface area contributed by atoms with Crippen molar-refractivity contribution in [3.05, 3.63) is 29.8 Å². The lowest BCUT2D eigenvalue weighted by Gasteiger charge is -2.19.